The van der Waals surface area contributed by atoms with Gasteiger partial charge in [0.05, 0.1) is 0 Å². The Labute approximate surface area is 113 Å². The van der Waals surface area contributed by atoms with E-state index in [4.69, 9.17) is 5.84 Å². The topological polar surface area (TPSA) is 38.0 Å². The quantitative estimate of drug-likeness (QED) is 0.616. The van der Waals surface area contributed by atoms with Gasteiger partial charge in [-0.15, -0.1) is 0 Å². The average Bonchev–Trinajstić information content (AvgIpc) is 2.46. The zero-order chi connectivity index (χ0) is 13.5. The third-order valence-electron chi connectivity index (χ3n) is 3.27. The van der Waals surface area contributed by atoms with E-state index in [0.29, 0.717) is 0 Å². The molecule has 2 rings (SSSR count). The third-order valence-corrected chi connectivity index (χ3v) is 3.27. The van der Waals surface area contributed by atoms with E-state index in [1.165, 1.54) is 17.7 Å². The number of nitrogens with one attached hydrogen (secondary N) is 1. The van der Waals surface area contributed by atoms with Crippen LogP contribution >= 0.6 is 0 Å². The first-order chi connectivity index (χ1) is 9.29. The third kappa shape index (κ3) is 4.16. The van der Waals surface area contributed by atoms with E-state index in [-0.39, 0.29) is 11.9 Å². The molecule has 0 fully saturated rings. The molecule has 0 aliphatic heterocycles. The zero-order valence-electron chi connectivity index (χ0n) is 10.9. The Hall–Kier alpha value is -1.71. The van der Waals surface area contributed by atoms with Gasteiger partial charge >= 0.3 is 0 Å². The summed E-state index contributed by atoms with van der Waals surface area (Å²) in [6, 6.07) is 16.9. The summed E-state index contributed by atoms with van der Waals surface area (Å²) in [6.45, 7) is 0. The van der Waals surface area contributed by atoms with E-state index in [1.54, 1.807) is 12.1 Å². The Bertz CT molecular complexity index is 482. The van der Waals surface area contributed by atoms with Crippen molar-refractivity contribution >= 4 is 0 Å². The smallest absolute Gasteiger partial charge is 0.123 e. The van der Waals surface area contributed by atoms with Gasteiger partial charge in [-0.05, 0) is 42.5 Å². The normalized spacial score (nSPS) is 12.3. The summed E-state index contributed by atoms with van der Waals surface area (Å²) in [7, 11) is 0. The molecule has 0 saturated heterocycles. The minimum absolute atomic E-state index is 0.0734. The first kappa shape index (κ1) is 13.7. The Morgan fingerprint density at radius 1 is 1.00 bits per heavy atom. The molecule has 0 bridgehead atoms. The maximum Gasteiger partial charge on any atom is 0.123 e. The molecule has 2 nitrogen and oxygen atoms in total. The zero-order valence-corrected chi connectivity index (χ0v) is 10.9. The van der Waals surface area contributed by atoms with Crippen LogP contribution in [0.3, 0.4) is 0 Å². The average molecular weight is 258 g/mol. The van der Waals surface area contributed by atoms with Crippen molar-refractivity contribution in [2.75, 3.05) is 0 Å². The van der Waals surface area contributed by atoms with Crippen molar-refractivity contribution in [2.45, 2.75) is 25.3 Å². The SMILES string of the molecule is NNC(CCCc1ccccc1)c1ccc(F)cc1. The molecule has 0 aliphatic carbocycles. The van der Waals surface area contributed by atoms with Gasteiger partial charge < -0.3 is 0 Å². The lowest BCUT2D eigenvalue weighted by Crippen LogP contribution is -2.28. The maximum absolute atomic E-state index is 12.9. The second-order valence-corrected chi connectivity index (χ2v) is 4.65. The van der Waals surface area contributed by atoms with Gasteiger partial charge in [0.2, 0.25) is 0 Å². The summed E-state index contributed by atoms with van der Waals surface area (Å²) < 4.78 is 12.9. The molecule has 3 N–H and O–H groups in total. The predicted octanol–water partition coefficient (Wildman–Crippen LogP) is 3.35. The molecule has 19 heavy (non-hydrogen) atoms. The molecule has 0 aromatic heterocycles. The Kier molecular flexibility index (Phi) is 5.07. The first-order valence-electron chi connectivity index (χ1n) is 6.55. The van der Waals surface area contributed by atoms with Gasteiger partial charge in [0, 0.05) is 6.04 Å². The Morgan fingerprint density at radius 2 is 1.68 bits per heavy atom. The summed E-state index contributed by atoms with van der Waals surface area (Å²) in [5, 5.41) is 0. The summed E-state index contributed by atoms with van der Waals surface area (Å²) in [5.41, 5.74) is 5.16. The number of nitrogens with two attached hydrogens (primary N) is 1. The fourth-order valence-electron chi connectivity index (χ4n) is 2.20. The minimum atomic E-state index is -0.219. The van der Waals surface area contributed by atoms with Crippen LogP contribution in [0.25, 0.3) is 0 Å². The van der Waals surface area contributed by atoms with Gasteiger partial charge in [0.1, 0.15) is 5.82 Å². The largest absolute Gasteiger partial charge is 0.271 e. The molecule has 100 valence electrons. The highest BCUT2D eigenvalue weighted by molar-refractivity contribution is 5.20. The van der Waals surface area contributed by atoms with Crippen molar-refractivity contribution in [2.24, 2.45) is 5.84 Å². The van der Waals surface area contributed by atoms with E-state index in [2.05, 4.69) is 17.6 Å². The van der Waals surface area contributed by atoms with E-state index in [0.717, 1.165) is 24.8 Å². The van der Waals surface area contributed by atoms with Gasteiger partial charge in [-0.25, -0.2) is 4.39 Å². The number of rotatable bonds is 6. The molecule has 0 aliphatic rings. The van der Waals surface area contributed by atoms with Gasteiger partial charge in [0.25, 0.3) is 0 Å². The van der Waals surface area contributed by atoms with Crippen molar-refractivity contribution in [3.63, 3.8) is 0 Å². The van der Waals surface area contributed by atoms with Crippen LogP contribution in [-0.4, -0.2) is 0 Å². The maximum atomic E-state index is 12.9. The summed E-state index contributed by atoms with van der Waals surface area (Å²) in [4.78, 5) is 0. The van der Waals surface area contributed by atoms with Crippen molar-refractivity contribution in [3.05, 3.63) is 71.5 Å². The number of aryl methyl sites for hydroxylation is 1. The first-order valence-corrected chi connectivity index (χ1v) is 6.55. The molecular formula is C16H19FN2. The number of hydrogen-bond donors (Lipinski definition) is 2. The van der Waals surface area contributed by atoms with Crippen molar-refractivity contribution in [1.29, 1.82) is 0 Å². The molecule has 1 atom stereocenters. The minimum Gasteiger partial charge on any atom is -0.271 e. The van der Waals surface area contributed by atoms with E-state index < -0.39 is 0 Å². The standard InChI is InChI=1S/C16H19FN2/c17-15-11-9-14(10-12-15)16(19-18)8-4-7-13-5-2-1-3-6-13/h1-3,5-6,9-12,16,19H,4,7-8,18H2. The lowest BCUT2D eigenvalue weighted by Gasteiger charge is -2.16. The Balaban J connectivity index is 1.87. The highest BCUT2D eigenvalue weighted by Gasteiger charge is 2.09. The van der Waals surface area contributed by atoms with E-state index >= 15 is 0 Å². The van der Waals surface area contributed by atoms with Crippen molar-refractivity contribution in [1.82, 2.24) is 5.43 Å². The van der Waals surface area contributed by atoms with Gasteiger partial charge in [-0.2, -0.15) is 0 Å². The van der Waals surface area contributed by atoms with Crippen LogP contribution in [-0.2, 0) is 6.42 Å². The lowest BCUT2D eigenvalue weighted by molar-refractivity contribution is 0.497. The molecule has 0 saturated carbocycles. The number of hydrogen-bond acceptors (Lipinski definition) is 2. The fourth-order valence-corrected chi connectivity index (χ4v) is 2.20. The van der Waals surface area contributed by atoms with Crippen LogP contribution in [0.15, 0.2) is 54.6 Å². The molecule has 2 aromatic carbocycles. The van der Waals surface area contributed by atoms with Gasteiger partial charge in [0.15, 0.2) is 0 Å². The second-order valence-electron chi connectivity index (χ2n) is 4.65. The van der Waals surface area contributed by atoms with Crippen LogP contribution < -0.4 is 11.3 Å². The summed E-state index contributed by atoms with van der Waals surface area (Å²) in [6.07, 6.45) is 2.99. The monoisotopic (exact) mass is 258 g/mol. The van der Waals surface area contributed by atoms with E-state index in [9.17, 15) is 4.39 Å². The second kappa shape index (κ2) is 7.02. The number of benzene rings is 2. The molecule has 2 aromatic rings. The predicted molar refractivity (Wildman–Crippen MR) is 75.8 cm³/mol. The highest BCUT2D eigenvalue weighted by atomic mass is 19.1. The van der Waals surface area contributed by atoms with Crippen molar-refractivity contribution in [3.8, 4) is 0 Å². The van der Waals surface area contributed by atoms with Crippen LogP contribution in [0.5, 0.6) is 0 Å². The van der Waals surface area contributed by atoms with Gasteiger partial charge in [-0.1, -0.05) is 42.5 Å². The van der Waals surface area contributed by atoms with Gasteiger partial charge in [-0.3, -0.25) is 11.3 Å². The number of halogens is 1. The highest BCUT2D eigenvalue weighted by Crippen LogP contribution is 2.19. The summed E-state index contributed by atoms with van der Waals surface area (Å²) >= 11 is 0. The van der Waals surface area contributed by atoms with Crippen LogP contribution in [0, 0.1) is 5.82 Å². The Morgan fingerprint density at radius 3 is 2.32 bits per heavy atom. The molecule has 0 heterocycles. The van der Waals surface area contributed by atoms with Crippen LogP contribution in [0.1, 0.15) is 30.0 Å². The molecule has 3 heteroatoms. The molecule has 0 radical (unpaired) electrons. The molecule has 1 unspecified atom stereocenters. The summed E-state index contributed by atoms with van der Waals surface area (Å²) in [5.74, 6) is 5.36. The van der Waals surface area contributed by atoms with Crippen molar-refractivity contribution < 1.29 is 4.39 Å². The number of hydrazine groups is 1. The molecular weight excluding hydrogens is 239 g/mol. The lowest BCUT2D eigenvalue weighted by atomic mass is 9.99. The molecule has 0 amide bonds. The fraction of sp³-hybridized carbons (Fsp3) is 0.250. The van der Waals surface area contributed by atoms with Crippen LogP contribution in [0.2, 0.25) is 0 Å². The molecule has 0 spiro atoms. The van der Waals surface area contributed by atoms with Crippen LogP contribution in [0.4, 0.5) is 4.39 Å². The van der Waals surface area contributed by atoms with E-state index in [1.807, 2.05) is 18.2 Å².